The molecule has 5 heteroatoms. The molecule has 0 saturated heterocycles. The van der Waals surface area contributed by atoms with Gasteiger partial charge in [-0.25, -0.2) is 4.79 Å². The fourth-order valence-electron chi connectivity index (χ4n) is 2.30. The summed E-state index contributed by atoms with van der Waals surface area (Å²) >= 11 is 0. The van der Waals surface area contributed by atoms with Crippen molar-refractivity contribution in [1.29, 1.82) is 0 Å². The Labute approximate surface area is 160 Å². The highest BCUT2D eigenvalue weighted by molar-refractivity contribution is 5.95. The van der Waals surface area contributed by atoms with E-state index in [0.717, 1.165) is 5.56 Å². The van der Waals surface area contributed by atoms with Gasteiger partial charge in [0.1, 0.15) is 5.75 Å². The molecule has 5 nitrogen and oxygen atoms in total. The third-order valence-electron chi connectivity index (χ3n) is 4.10. The first-order valence-electron chi connectivity index (χ1n) is 9.08. The quantitative estimate of drug-likeness (QED) is 0.729. The van der Waals surface area contributed by atoms with E-state index < -0.39 is 6.10 Å². The van der Waals surface area contributed by atoms with Gasteiger partial charge >= 0.3 is 5.97 Å². The number of ether oxygens (including phenoxy) is 2. The second-order valence-electron chi connectivity index (χ2n) is 7.07. The van der Waals surface area contributed by atoms with Crippen LogP contribution < -0.4 is 10.1 Å². The molecule has 2 aromatic carbocycles. The summed E-state index contributed by atoms with van der Waals surface area (Å²) in [6.07, 6.45) is -0.650. The molecule has 0 bridgehead atoms. The molecule has 1 N–H and O–H groups in total. The van der Waals surface area contributed by atoms with E-state index in [9.17, 15) is 9.59 Å². The monoisotopic (exact) mass is 369 g/mol. The van der Waals surface area contributed by atoms with Gasteiger partial charge in [0, 0.05) is 5.69 Å². The number of carbonyl (C=O) groups is 2. The Morgan fingerprint density at radius 2 is 1.63 bits per heavy atom. The zero-order chi connectivity index (χ0) is 20.0. The molecule has 0 aliphatic rings. The van der Waals surface area contributed by atoms with E-state index in [2.05, 4.69) is 5.32 Å². The maximum Gasteiger partial charge on any atom is 0.338 e. The molecule has 0 radical (unpaired) electrons. The average Bonchev–Trinajstić information content (AvgIpc) is 2.63. The molecule has 1 atom stereocenters. The molecule has 0 aliphatic heterocycles. The summed E-state index contributed by atoms with van der Waals surface area (Å²) < 4.78 is 10.9. The van der Waals surface area contributed by atoms with Crippen LogP contribution in [-0.2, 0) is 9.53 Å². The smallest absolute Gasteiger partial charge is 0.338 e. The largest absolute Gasteiger partial charge is 0.481 e. The topological polar surface area (TPSA) is 64.6 Å². The molecule has 0 fully saturated rings. The van der Waals surface area contributed by atoms with Gasteiger partial charge in [-0.3, -0.25) is 4.79 Å². The van der Waals surface area contributed by atoms with Gasteiger partial charge in [0.25, 0.3) is 5.91 Å². The SMILES string of the molecule is Cc1ccc(OC(C)C(=O)Nc2ccc(C(=O)OCC(C)C)cc2)cc1C. The fraction of sp³-hybridized carbons (Fsp3) is 0.364. The Morgan fingerprint density at radius 3 is 2.22 bits per heavy atom. The lowest BCUT2D eigenvalue weighted by Crippen LogP contribution is -2.30. The average molecular weight is 369 g/mol. The third-order valence-corrected chi connectivity index (χ3v) is 4.10. The van der Waals surface area contributed by atoms with E-state index in [1.54, 1.807) is 31.2 Å². The second kappa shape index (κ2) is 9.21. The highest BCUT2D eigenvalue weighted by Gasteiger charge is 2.16. The lowest BCUT2D eigenvalue weighted by molar-refractivity contribution is -0.122. The third kappa shape index (κ3) is 6.13. The molecule has 2 rings (SSSR count). The molecule has 1 amide bonds. The lowest BCUT2D eigenvalue weighted by atomic mass is 10.1. The fourth-order valence-corrected chi connectivity index (χ4v) is 2.30. The molecule has 27 heavy (non-hydrogen) atoms. The molecule has 144 valence electrons. The molecular formula is C22H27NO4. The minimum absolute atomic E-state index is 0.261. The van der Waals surface area contributed by atoms with Crippen molar-refractivity contribution in [3.63, 3.8) is 0 Å². The normalized spacial score (nSPS) is 11.8. The van der Waals surface area contributed by atoms with Gasteiger partial charge in [-0.1, -0.05) is 19.9 Å². The number of amides is 1. The second-order valence-corrected chi connectivity index (χ2v) is 7.07. The number of carbonyl (C=O) groups excluding carboxylic acids is 2. The van der Waals surface area contributed by atoms with Crippen molar-refractivity contribution in [1.82, 2.24) is 0 Å². The van der Waals surface area contributed by atoms with Crippen LogP contribution >= 0.6 is 0 Å². The van der Waals surface area contributed by atoms with Crippen LogP contribution in [0, 0.1) is 19.8 Å². The number of aryl methyl sites for hydroxylation is 2. The van der Waals surface area contributed by atoms with Crippen molar-refractivity contribution in [3.8, 4) is 5.75 Å². The Bertz CT molecular complexity index is 796. The van der Waals surface area contributed by atoms with Crippen LogP contribution in [0.15, 0.2) is 42.5 Å². The Morgan fingerprint density at radius 1 is 0.963 bits per heavy atom. The van der Waals surface area contributed by atoms with E-state index in [1.165, 1.54) is 5.56 Å². The minimum atomic E-state index is -0.650. The van der Waals surface area contributed by atoms with Gasteiger partial charge in [-0.2, -0.15) is 0 Å². The molecule has 0 aromatic heterocycles. The predicted molar refractivity (Wildman–Crippen MR) is 106 cm³/mol. The molecule has 0 heterocycles. The van der Waals surface area contributed by atoms with Crippen LogP contribution in [-0.4, -0.2) is 24.6 Å². The first-order chi connectivity index (χ1) is 12.8. The van der Waals surface area contributed by atoms with E-state index in [1.807, 2.05) is 45.9 Å². The molecule has 0 saturated carbocycles. The maximum atomic E-state index is 12.3. The number of anilines is 1. The summed E-state index contributed by atoms with van der Waals surface area (Å²) in [4.78, 5) is 24.3. The van der Waals surface area contributed by atoms with Gasteiger partial charge in [0.15, 0.2) is 6.10 Å². The Hall–Kier alpha value is -2.82. The minimum Gasteiger partial charge on any atom is -0.481 e. The van der Waals surface area contributed by atoms with E-state index in [0.29, 0.717) is 23.6 Å². The number of rotatable bonds is 7. The molecule has 0 spiro atoms. The van der Waals surface area contributed by atoms with Gasteiger partial charge in [0.05, 0.1) is 12.2 Å². The van der Waals surface area contributed by atoms with Crippen molar-refractivity contribution in [3.05, 3.63) is 59.2 Å². The summed E-state index contributed by atoms with van der Waals surface area (Å²) in [6, 6.07) is 12.3. The summed E-state index contributed by atoms with van der Waals surface area (Å²) in [7, 11) is 0. The number of hydrogen-bond donors (Lipinski definition) is 1. The van der Waals surface area contributed by atoms with Gasteiger partial charge in [0.2, 0.25) is 0 Å². The molecule has 0 aliphatic carbocycles. The number of benzene rings is 2. The summed E-state index contributed by atoms with van der Waals surface area (Å²) in [6.45, 7) is 10.1. The highest BCUT2D eigenvalue weighted by Crippen LogP contribution is 2.18. The number of hydrogen-bond acceptors (Lipinski definition) is 4. The summed E-state index contributed by atoms with van der Waals surface area (Å²) in [5, 5.41) is 2.79. The van der Waals surface area contributed by atoms with Crippen LogP contribution in [0.5, 0.6) is 5.75 Å². The van der Waals surface area contributed by atoms with Crippen LogP contribution in [0.4, 0.5) is 5.69 Å². The van der Waals surface area contributed by atoms with Crippen LogP contribution in [0.25, 0.3) is 0 Å². The van der Waals surface area contributed by atoms with Crippen LogP contribution in [0.3, 0.4) is 0 Å². The van der Waals surface area contributed by atoms with Crippen molar-refractivity contribution in [2.45, 2.75) is 40.7 Å². The highest BCUT2D eigenvalue weighted by atomic mass is 16.5. The van der Waals surface area contributed by atoms with Crippen molar-refractivity contribution < 1.29 is 19.1 Å². The molecule has 2 aromatic rings. The molecular weight excluding hydrogens is 342 g/mol. The standard InChI is InChI=1S/C22H27NO4/c1-14(2)13-26-22(25)18-7-9-19(10-8-18)23-21(24)17(5)27-20-11-6-15(3)16(4)12-20/h6-12,14,17H,13H2,1-5H3,(H,23,24). The zero-order valence-corrected chi connectivity index (χ0v) is 16.5. The number of nitrogens with one attached hydrogen (secondary N) is 1. The van der Waals surface area contributed by atoms with E-state index in [4.69, 9.17) is 9.47 Å². The van der Waals surface area contributed by atoms with E-state index in [-0.39, 0.29) is 17.8 Å². The van der Waals surface area contributed by atoms with Crippen molar-refractivity contribution >= 4 is 17.6 Å². The van der Waals surface area contributed by atoms with Gasteiger partial charge < -0.3 is 14.8 Å². The number of esters is 1. The van der Waals surface area contributed by atoms with Crippen molar-refractivity contribution in [2.75, 3.05) is 11.9 Å². The van der Waals surface area contributed by atoms with Crippen LogP contribution in [0.1, 0.15) is 42.3 Å². The van der Waals surface area contributed by atoms with Crippen LogP contribution in [0.2, 0.25) is 0 Å². The first-order valence-corrected chi connectivity index (χ1v) is 9.08. The Balaban J connectivity index is 1.92. The molecule has 1 unspecified atom stereocenters. The Kier molecular flexibility index (Phi) is 6.99. The van der Waals surface area contributed by atoms with Gasteiger partial charge in [-0.15, -0.1) is 0 Å². The summed E-state index contributed by atoms with van der Waals surface area (Å²) in [5.41, 5.74) is 3.33. The van der Waals surface area contributed by atoms with Crippen molar-refractivity contribution in [2.24, 2.45) is 5.92 Å². The lowest BCUT2D eigenvalue weighted by Gasteiger charge is -2.16. The predicted octanol–water partition coefficient (Wildman–Crippen LogP) is 4.52. The maximum absolute atomic E-state index is 12.3. The first kappa shape index (κ1) is 20.5. The van der Waals surface area contributed by atoms with E-state index >= 15 is 0 Å². The zero-order valence-electron chi connectivity index (χ0n) is 16.5. The summed E-state index contributed by atoms with van der Waals surface area (Å²) in [5.74, 6) is 0.312. The van der Waals surface area contributed by atoms with Gasteiger partial charge in [-0.05, 0) is 74.2 Å².